The lowest BCUT2D eigenvalue weighted by Crippen LogP contribution is -2.41. The average Bonchev–Trinajstić information content (AvgIpc) is 2.67. The number of hydrogen-bond donors (Lipinski definition) is 0. The molecular formula is C20H23FN2O2. The second-order valence-electron chi connectivity index (χ2n) is 6.41. The number of amides is 1. The van der Waals surface area contributed by atoms with Gasteiger partial charge in [0.25, 0.3) is 5.91 Å². The van der Waals surface area contributed by atoms with Crippen LogP contribution in [-0.4, -0.2) is 35.5 Å². The van der Waals surface area contributed by atoms with Crippen LogP contribution in [-0.2, 0) is 11.2 Å². The highest BCUT2D eigenvalue weighted by Gasteiger charge is 2.29. The predicted molar refractivity (Wildman–Crippen MR) is 93.8 cm³/mol. The van der Waals surface area contributed by atoms with Crippen molar-refractivity contribution in [1.82, 2.24) is 9.88 Å². The second-order valence-corrected chi connectivity index (χ2v) is 6.41. The van der Waals surface area contributed by atoms with Crippen molar-refractivity contribution in [3.8, 4) is 0 Å². The number of carbonyl (C=O) groups is 1. The van der Waals surface area contributed by atoms with Crippen molar-refractivity contribution >= 4 is 5.91 Å². The number of benzene rings is 1. The van der Waals surface area contributed by atoms with Gasteiger partial charge in [-0.15, -0.1) is 0 Å². The highest BCUT2D eigenvalue weighted by Crippen LogP contribution is 2.30. The van der Waals surface area contributed by atoms with E-state index in [0.717, 1.165) is 24.0 Å². The summed E-state index contributed by atoms with van der Waals surface area (Å²) in [5.74, 6) is -0.328. The van der Waals surface area contributed by atoms with Gasteiger partial charge in [0.1, 0.15) is 11.5 Å². The maximum absolute atomic E-state index is 13.1. The highest BCUT2D eigenvalue weighted by molar-refractivity contribution is 5.92. The van der Waals surface area contributed by atoms with Crippen LogP contribution in [0.3, 0.4) is 0 Å². The van der Waals surface area contributed by atoms with E-state index in [-0.39, 0.29) is 23.9 Å². The van der Waals surface area contributed by atoms with Crippen LogP contribution in [0, 0.1) is 5.82 Å². The van der Waals surface area contributed by atoms with Gasteiger partial charge in [0.15, 0.2) is 0 Å². The zero-order valence-electron chi connectivity index (χ0n) is 14.6. The summed E-state index contributed by atoms with van der Waals surface area (Å²) in [5.41, 5.74) is 2.52. The van der Waals surface area contributed by atoms with Crippen LogP contribution in [0.5, 0.6) is 0 Å². The van der Waals surface area contributed by atoms with Crippen molar-refractivity contribution in [2.24, 2.45) is 0 Å². The molecule has 0 aliphatic carbocycles. The van der Waals surface area contributed by atoms with E-state index in [4.69, 9.17) is 4.74 Å². The van der Waals surface area contributed by atoms with Gasteiger partial charge in [0, 0.05) is 25.9 Å². The van der Waals surface area contributed by atoms with Crippen LogP contribution < -0.4 is 0 Å². The Balaban J connectivity index is 1.71. The number of hydrogen-bond acceptors (Lipinski definition) is 3. The minimum atomic E-state index is -0.259. The monoisotopic (exact) mass is 342 g/mol. The van der Waals surface area contributed by atoms with Gasteiger partial charge in [0.2, 0.25) is 0 Å². The molecule has 2 aromatic rings. The Morgan fingerprint density at radius 1 is 1.32 bits per heavy atom. The summed E-state index contributed by atoms with van der Waals surface area (Å²) in [6.45, 7) is 2.63. The number of aromatic nitrogens is 1. The molecule has 1 fully saturated rings. The summed E-state index contributed by atoms with van der Waals surface area (Å²) in [5, 5.41) is 0. The standard InChI is InChI=1S/C20H23FN2O2/c1-3-14-8-10-22-18(12-14)20(24)23(2)17-9-11-25-19(13-17)15-4-6-16(21)7-5-15/h4-8,10,12,17,19H,3,9,11,13H2,1-2H3/t17-,19-/m1/s1. The molecule has 1 aromatic heterocycles. The fourth-order valence-corrected chi connectivity index (χ4v) is 3.20. The third-order valence-electron chi connectivity index (χ3n) is 4.82. The Morgan fingerprint density at radius 3 is 2.80 bits per heavy atom. The van der Waals surface area contributed by atoms with E-state index in [1.54, 1.807) is 23.2 Å². The maximum Gasteiger partial charge on any atom is 0.272 e. The predicted octanol–water partition coefficient (Wildman–Crippen LogP) is 3.78. The highest BCUT2D eigenvalue weighted by atomic mass is 19.1. The van der Waals surface area contributed by atoms with Gasteiger partial charge in [0.05, 0.1) is 6.10 Å². The second kappa shape index (κ2) is 7.74. The zero-order chi connectivity index (χ0) is 17.8. The molecule has 1 aliphatic rings. The molecule has 25 heavy (non-hydrogen) atoms. The summed E-state index contributed by atoms with van der Waals surface area (Å²) in [6, 6.07) is 10.2. The third kappa shape index (κ3) is 4.04. The van der Waals surface area contributed by atoms with Crippen molar-refractivity contribution < 1.29 is 13.9 Å². The zero-order valence-corrected chi connectivity index (χ0v) is 14.6. The lowest BCUT2D eigenvalue weighted by atomic mass is 9.96. The molecule has 0 N–H and O–H groups in total. The summed E-state index contributed by atoms with van der Waals surface area (Å²) < 4.78 is 18.9. The molecule has 3 rings (SSSR count). The van der Waals surface area contributed by atoms with Crippen LogP contribution >= 0.6 is 0 Å². The fourth-order valence-electron chi connectivity index (χ4n) is 3.20. The molecule has 0 unspecified atom stereocenters. The first-order valence-corrected chi connectivity index (χ1v) is 8.67. The van der Waals surface area contributed by atoms with Gasteiger partial charge in [-0.25, -0.2) is 4.39 Å². The molecule has 1 aromatic carbocycles. The van der Waals surface area contributed by atoms with Crippen LogP contribution in [0.15, 0.2) is 42.6 Å². The van der Waals surface area contributed by atoms with E-state index in [0.29, 0.717) is 18.7 Å². The van der Waals surface area contributed by atoms with Crippen LogP contribution in [0.1, 0.15) is 47.5 Å². The number of carbonyl (C=O) groups excluding carboxylic acids is 1. The van der Waals surface area contributed by atoms with Crippen molar-refractivity contribution in [1.29, 1.82) is 0 Å². The minimum absolute atomic E-state index is 0.0694. The molecule has 4 nitrogen and oxygen atoms in total. The van der Waals surface area contributed by atoms with Gasteiger partial charge < -0.3 is 9.64 Å². The first kappa shape index (κ1) is 17.5. The topological polar surface area (TPSA) is 42.4 Å². The van der Waals surface area contributed by atoms with Crippen LogP contribution in [0.4, 0.5) is 4.39 Å². The number of pyridine rings is 1. The van der Waals surface area contributed by atoms with E-state index in [1.165, 1.54) is 12.1 Å². The lowest BCUT2D eigenvalue weighted by molar-refractivity contribution is -0.0198. The number of ether oxygens (including phenoxy) is 1. The minimum Gasteiger partial charge on any atom is -0.373 e. The SMILES string of the molecule is CCc1ccnc(C(=O)N(C)[C@@H]2CCO[C@@H](c3ccc(F)cc3)C2)c1. The maximum atomic E-state index is 13.1. The first-order valence-electron chi connectivity index (χ1n) is 8.67. The van der Waals surface area contributed by atoms with Crippen molar-refractivity contribution in [2.45, 2.75) is 38.3 Å². The molecule has 0 saturated carbocycles. The molecule has 2 heterocycles. The normalized spacial score (nSPS) is 20.3. The van der Waals surface area contributed by atoms with Gasteiger partial charge in [-0.05, 0) is 54.7 Å². The van der Waals surface area contributed by atoms with Crippen molar-refractivity contribution in [3.63, 3.8) is 0 Å². The van der Waals surface area contributed by atoms with Gasteiger partial charge >= 0.3 is 0 Å². The Kier molecular flexibility index (Phi) is 5.43. The molecular weight excluding hydrogens is 319 g/mol. The van der Waals surface area contributed by atoms with Crippen LogP contribution in [0.25, 0.3) is 0 Å². The summed E-state index contributed by atoms with van der Waals surface area (Å²) in [4.78, 5) is 18.8. The van der Waals surface area contributed by atoms with Crippen molar-refractivity contribution in [3.05, 3.63) is 65.2 Å². The molecule has 2 atom stereocenters. The number of halogens is 1. The molecule has 1 amide bonds. The molecule has 0 radical (unpaired) electrons. The van der Waals surface area contributed by atoms with E-state index >= 15 is 0 Å². The van der Waals surface area contributed by atoms with E-state index < -0.39 is 0 Å². The largest absolute Gasteiger partial charge is 0.373 e. The smallest absolute Gasteiger partial charge is 0.272 e. The van der Waals surface area contributed by atoms with E-state index in [2.05, 4.69) is 11.9 Å². The summed E-state index contributed by atoms with van der Waals surface area (Å²) in [7, 11) is 1.82. The average molecular weight is 342 g/mol. The van der Waals surface area contributed by atoms with Gasteiger partial charge in [-0.3, -0.25) is 9.78 Å². The molecule has 0 spiro atoms. The Bertz CT molecular complexity index is 733. The third-order valence-corrected chi connectivity index (χ3v) is 4.82. The Morgan fingerprint density at radius 2 is 2.08 bits per heavy atom. The first-order chi connectivity index (χ1) is 12.1. The van der Waals surface area contributed by atoms with E-state index in [9.17, 15) is 9.18 Å². The molecule has 0 bridgehead atoms. The fraction of sp³-hybridized carbons (Fsp3) is 0.400. The van der Waals surface area contributed by atoms with Crippen molar-refractivity contribution in [2.75, 3.05) is 13.7 Å². The summed E-state index contributed by atoms with van der Waals surface area (Å²) >= 11 is 0. The lowest BCUT2D eigenvalue weighted by Gasteiger charge is -2.35. The number of aryl methyl sites for hydroxylation is 1. The Labute approximate surface area is 147 Å². The Hall–Kier alpha value is -2.27. The van der Waals surface area contributed by atoms with Gasteiger partial charge in [-0.2, -0.15) is 0 Å². The molecule has 1 aliphatic heterocycles. The quantitative estimate of drug-likeness (QED) is 0.849. The number of nitrogens with zero attached hydrogens (tertiary/aromatic N) is 2. The molecule has 132 valence electrons. The number of rotatable bonds is 4. The van der Waals surface area contributed by atoms with Gasteiger partial charge in [-0.1, -0.05) is 19.1 Å². The molecule has 5 heteroatoms. The van der Waals surface area contributed by atoms with E-state index in [1.807, 2.05) is 19.2 Å². The summed E-state index contributed by atoms with van der Waals surface area (Å²) in [6.07, 6.45) is 3.92. The van der Waals surface area contributed by atoms with Crippen LogP contribution in [0.2, 0.25) is 0 Å². The molecule has 1 saturated heterocycles.